The zero-order valence-electron chi connectivity index (χ0n) is 22.7. The molecule has 0 aliphatic heterocycles. The lowest BCUT2D eigenvalue weighted by Crippen LogP contribution is -2.05. The number of aliphatic carboxylic acids is 1. The van der Waals surface area contributed by atoms with E-state index in [1.165, 1.54) is 24.5 Å². The summed E-state index contributed by atoms with van der Waals surface area (Å²) in [5.41, 5.74) is 3.93. The van der Waals surface area contributed by atoms with E-state index in [-0.39, 0.29) is 5.56 Å². The Bertz CT molecular complexity index is 1270. The molecule has 2 N–H and O–H groups in total. The van der Waals surface area contributed by atoms with Crippen molar-refractivity contribution in [2.45, 2.75) is 58.3 Å². The maximum absolute atomic E-state index is 11.7. The van der Waals surface area contributed by atoms with Crippen LogP contribution in [0.5, 0.6) is 11.5 Å². The number of hydrogen-bond donors (Lipinski definition) is 2. The molecule has 1 aromatic heterocycles. The summed E-state index contributed by atoms with van der Waals surface area (Å²) in [6, 6.07) is 16.9. The van der Waals surface area contributed by atoms with Gasteiger partial charge in [-0.05, 0) is 73.2 Å². The van der Waals surface area contributed by atoms with E-state index in [1.54, 1.807) is 31.4 Å². The predicted octanol–water partition coefficient (Wildman–Crippen LogP) is 7.08. The van der Waals surface area contributed by atoms with Gasteiger partial charge in [-0.25, -0.2) is 14.6 Å². The van der Waals surface area contributed by atoms with Gasteiger partial charge in [-0.15, -0.1) is 0 Å². The highest BCUT2D eigenvalue weighted by atomic mass is 16.5. The van der Waals surface area contributed by atoms with Crippen LogP contribution >= 0.6 is 0 Å². The highest BCUT2D eigenvalue weighted by Gasteiger charge is 2.16. The van der Waals surface area contributed by atoms with Gasteiger partial charge < -0.3 is 19.7 Å². The number of methoxy groups -OCH3 is 1. The summed E-state index contributed by atoms with van der Waals surface area (Å²) in [4.78, 5) is 27.4. The van der Waals surface area contributed by atoms with Gasteiger partial charge >= 0.3 is 11.9 Å². The molecule has 7 nitrogen and oxygen atoms in total. The summed E-state index contributed by atoms with van der Waals surface area (Å²) < 4.78 is 11.2. The van der Waals surface area contributed by atoms with E-state index in [0.29, 0.717) is 41.3 Å². The minimum absolute atomic E-state index is 0.237. The van der Waals surface area contributed by atoms with Crippen LogP contribution in [0.1, 0.15) is 72.6 Å². The Hall–Kier alpha value is -4.13. The van der Waals surface area contributed by atoms with Crippen LogP contribution in [0.15, 0.2) is 60.7 Å². The molecule has 0 spiro atoms. The molecule has 0 aliphatic carbocycles. The average Bonchev–Trinajstić information content (AvgIpc) is 2.95. The number of carboxylic acids is 2. The van der Waals surface area contributed by atoms with Crippen molar-refractivity contribution in [1.29, 1.82) is 0 Å². The van der Waals surface area contributed by atoms with Crippen LogP contribution in [0.2, 0.25) is 0 Å². The molecule has 0 fully saturated rings. The Labute approximate surface area is 230 Å². The monoisotopic (exact) mass is 531 g/mol. The highest BCUT2D eigenvalue weighted by Crippen LogP contribution is 2.29. The maximum atomic E-state index is 11.7. The Morgan fingerprint density at radius 3 is 2.28 bits per heavy atom. The van der Waals surface area contributed by atoms with E-state index in [2.05, 4.69) is 17.1 Å². The van der Waals surface area contributed by atoms with Crippen molar-refractivity contribution in [3.05, 3.63) is 83.1 Å². The van der Waals surface area contributed by atoms with E-state index in [9.17, 15) is 14.7 Å². The molecule has 0 amide bonds. The summed E-state index contributed by atoms with van der Waals surface area (Å²) >= 11 is 0. The lowest BCUT2D eigenvalue weighted by atomic mass is 9.96. The minimum Gasteiger partial charge on any atom is -0.497 e. The van der Waals surface area contributed by atoms with Gasteiger partial charge in [0.2, 0.25) is 0 Å². The number of hydrogen-bond acceptors (Lipinski definition) is 5. The number of aromatic carboxylic acids is 1. The zero-order chi connectivity index (χ0) is 28.0. The fourth-order valence-corrected chi connectivity index (χ4v) is 4.52. The van der Waals surface area contributed by atoms with E-state index in [0.717, 1.165) is 43.9 Å². The first-order valence-electron chi connectivity index (χ1n) is 13.5. The van der Waals surface area contributed by atoms with Gasteiger partial charge in [0.1, 0.15) is 17.2 Å². The molecule has 7 heteroatoms. The van der Waals surface area contributed by atoms with E-state index >= 15 is 0 Å². The number of unbranched alkanes of at least 4 members (excludes halogenated alkanes) is 5. The van der Waals surface area contributed by atoms with Crippen LogP contribution in [-0.4, -0.2) is 40.9 Å². The maximum Gasteiger partial charge on any atom is 0.335 e. The Kier molecular flexibility index (Phi) is 11.6. The molecule has 0 bridgehead atoms. The van der Waals surface area contributed by atoms with Crippen LogP contribution in [0.3, 0.4) is 0 Å². The summed E-state index contributed by atoms with van der Waals surface area (Å²) in [7, 11) is 1.68. The number of carbonyl (C=O) groups is 2. The number of nitrogens with zero attached hydrogens (tertiary/aromatic N) is 1. The molecular formula is C32H37NO6. The summed E-state index contributed by atoms with van der Waals surface area (Å²) in [5.74, 6) is -0.684. The van der Waals surface area contributed by atoms with Gasteiger partial charge in [0, 0.05) is 11.6 Å². The SMILES string of the molecule is CCc1c(C(=O)O)cccc1-c1ccc(OCCCCCCCCc2ccc(OC)cc2)c(/C=C/C(=O)O)n1. The van der Waals surface area contributed by atoms with Crippen LogP contribution in [-0.2, 0) is 17.6 Å². The zero-order valence-corrected chi connectivity index (χ0v) is 22.7. The van der Waals surface area contributed by atoms with Crippen LogP contribution < -0.4 is 9.47 Å². The first-order chi connectivity index (χ1) is 18.9. The normalized spacial score (nSPS) is 11.0. The van der Waals surface area contributed by atoms with Crippen molar-refractivity contribution in [3.63, 3.8) is 0 Å². The van der Waals surface area contributed by atoms with Gasteiger partial charge in [-0.1, -0.05) is 56.9 Å². The number of ether oxygens (including phenoxy) is 2. The lowest BCUT2D eigenvalue weighted by molar-refractivity contribution is -0.131. The van der Waals surface area contributed by atoms with Gasteiger partial charge in [0.05, 0.1) is 25.0 Å². The molecule has 1 heterocycles. The number of aromatic nitrogens is 1. The Balaban J connectivity index is 1.52. The quantitative estimate of drug-likeness (QED) is 0.150. The molecular weight excluding hydrogens is 494 g/mol. The van der Waals surface area contributed by atoms with Gasteiger partial charge in [-0.2, -0.15) is 0 Å². The fraction of sp³-hybridized carbons (Fsp3) is 0.344. The number of rotatable bonds is 16. The average molecular weight is 532 g/mol. The molecule has 0 atom stereocenters. The Morgan fingerprint density at radius 1 is 0.897 bits per heavy atom. The first-order valence-corrected chi connectivity index (χ1v) is 13.5. The van der Waals surface area contributed by atoms with Crippen molar-refractivity contribution >= 4 is 18.0 Å². The third-order valence-electron chi connectivity index (χ3n) is 6.58. The van der Waals surface area contributed by atoms with Crippen LogP contribution in [0.25, 0.3) is 17.3 Å². The van der Waals surface area contributed by atoms with Crippen molar-refractivity contribution < 1.29 is 29.3 Å². The molecule has 0 saturated carbocycles. The molecule has 3 rings (SSSR count). The second-order valence-corrected chi connectivity index (χ2v) is 9.31. The van der Waals surface area contributed by atoms with Crippen LogP contribution in [0.4, 0.5) is 0 Å². The third kappa shape index (κ3) is 8.99. The Morgan fingerprint density at radius 2 is 1.62 bits per heavy atom. The predicted molar refractivity (Wildman–Crippen MR) is 153 cm³/mol. The molecule has 206 valence electrons. The summed E-state index contributed by atoms with van der Waals surface area (Å²) in [5, 5.41) is 18.7. The number of carboxylic acid groups (broad SMARTS) is 2. The van der Waals surface area contributed by atoms with E-state index in [4.69, 9.17) is 14.6 Å². The van der Waals surface area contributed by atoms with Crippen molar-refractivity contribution in [1.82, 2.24) is 4.98 Å². The second-order valence-electron chi connectivity index (χ2n) is 9.31. The minimum atomic E-state index is -1.08. The van der Waals surface area contributed by atoms with Gasteiger partial charge in [0.25, 0.3) is 0 Å². The smallest absolute Gasteiger partial charge is 0.335 e. The van der Waals surface area contributed by atoms with Crippen LogP contribution in [0, 0.1) is 0 Å². The molecule has 39 heavy (non-hydrogen) atoms. The second kappa shape index (κ2) is 15.3. The summed E-state index contributed by atoms with van der Waals surface area (Å²) in [6.45, 7) is 2.41. The number of pyridine rings is 1. The van der Waals surface area contributed by atoms with Crippen molar-refractivity contribution in [2.24, 2.45) is 0 Å². The van der Waals surface area contributed by atoms with Crippen molar-refractivity contribution in [2.75, 3.05) is 13.7 Å². The molecule has 0 radical (unpaired) electrons. The number of benzene rings is 2. The van der Waals surface area contributed by atoms with Gasteiger partial charge in [0.15, 0.2) is 0 Å². The number of aryl methyl sites for hydroxylation is 1. The van der Waals surface area contributed by atoms with Gasteiger partial charge in [-0.3, -0.25) is 0 Å². The molecule has 0 unspecified atom stereocenters. The molecule has 0 aliphatic rings. The van der Waals surface area contributed by atoms with E-state index in [1.807, 2.05) is 25.1 Å². The molecule has 0 saturated heterocycles. The fourth-order valence-electron chi connectivity index (χ4n) is 4.52. The highest BCUT2D eigenvalue weighted by molar-refractivity contribution is 5.92. The lowest BCUT2D eigenvalue weighted by Gasteiger charge is -2.14. The first kappa shape index (κ1) is 29.4. The van der Waals surface area contributed by atoms with Crippen molar-refractivity contribution in [3.8, 4) is 22.8 Å². The standard InChI is InChI=1S/C32H37NO6/c1-3-25-26(12-10-13-27(25)32(36)37)28-18-20-30(29(33-28)19-21-31(34)35)39-22-9-7-5-4-6-8-11-23-14-16-24(38-2)17-15-23/h10,12-21H,3-9,11,22H2,1-2H3,(H,34,35)(H,36,37)/b21-19+. The molecule has 3 aromatic rings. The largest absolute Gasteiger partial charge is 0.497 e. The third-order valence-corrected chi connectivity index (χ3v) is 6.58. The summed E-state index contributed by atoms with van der Waals surface area (Å²) in [6.07, 6.45) is 10.6. The topological polar surface area (TPSA) is 106 Å². The molecule has 2 aromatic carbocycles. The van der Waals surface area contributed by atoms with E-state index < -0.39 is 11.9 Å².